The molecule has 0 saturated carbocycles. The van der Waals surface area contributed by atoms with E-state index in [1.807, 2.05) is 6.07 Å². The van der Waals surface area contributed by atoms with Gasteiger partial charge < -0.3 is 15.0 Å². The Bertz CT molecular complexity index is 542. The van der Waals surface area contributed by atoms with E-state index in [-0.39, 0.29) is 0 Å². The zero-order chi connectivity index (χ0) is 15.1. The lowest BCUT2D eigenvalue weighted by atomic mass is 10.4. The zero-order valence-electron chi connectivity index (χ0n) is 12.7. The molecule has 0 aliphatic heterocycles. The molecule has 2 rings (SSSR count). The third-order valence-corrected chi connectivity index (χ3v) is 3.97. The third-order valence-electron chi connectivity index (χ3n) is 3.03. The minimum absolute atomic E-state index is 0.368. The van der Waals surface area contributed by atoms with Crippen molar-refractivity contribution in [3.8, 4) is 6.01 Å². The predicted molar refractivity (Wildman–Crippen MR) is 86.5 cm³/mol. The Morgan fingerprint density at radius 3 is 2.67 bits per heavy atom. The fourth-order valence-electron chi connectivity index (χ4n) is 1.87. The minimum Gasteiger partial charge on any atom is -0.463 e. The van der Waals surface area contributed by atoms with Crippen molar-refractivity contribution < 1.29 is 4.74 Å². The normalized spacial score (nSPS) is 10.4. The Hall–Kier alpha value is -1.89. The molecule has 0 bridgehead atoms. The largest absolute Gasteiger partial charge is 0.463 e. The van der Waals surface area contributed by atoms with Crippen LogP contribution in [-0.2, 0) is 6.42 Å². The van der Waals surface area contributed by atoms with Crippen LogP contribution in [0.1, 0.15) is 18.7 Å². The van der Waals surface area contributed by atoms with Crippen LogP contribution in [0.15, 0.2) is 17.5 Å². The molecule has 0 fully saturated rings. The van der Waals surface area contributed by atoms with Crippen LogP contribution in [0.4, 0.5) is 11.9 Å². The van der Waals surface area contributed by atoms with Crippen molar-refractivity contribution in [3.63, 3.8) is 0 Å². The summed E-state index contributed by atoms with van der Waals surface area (Å²) in [6.07, 6.45) is 0.860. The van der Waals surface area contributed by atoms with Gasteiger partial charge in [-0.25, -0.2) is 0 Å². The lowest BCUT2D eigenvalue weighted by Crippen LogP contribution is -2.25. The second-order valence-electron chi connectivity index (χ2n) is 4.34. The minimum atomic E-state index is 0.368. The second kappa shape index (κ2) is 7.78. The molecule has 0 aromatic carbocycles. The van der Waals surface area contributed by atoms with Crippen molar-refractivity contribution in [1.82, 2.24) is 15.0 Å². The summed E-state index contributed by atoms with van der Waals surface area (Å²) < 4.78 is 5.68. The number of rotatable bonds is 8. The summed E-state index contributed by atoms with van der Waals surface area (Å²) in [4.78, 5) is 16.4. The molecule has 0 unspecified atom stereocenters. The van der Waals surface area contributed by atoms with Gasteiger partial charge in [0.05, 0.1) is 6.61 Å². The van der Waals surface area contributed by atoms with E-state index in [1.54, 1.807) is 18.4 Å². The van der Waals surface area contributed by atoms with E-state index in [0.29, 0.717) is 24.5 Å². The quantitative estimate of drug-likeness (QED) is 0.808. The maximum atomic E-state index is 5.68. The van der Waals surface area contributed by atoms with Crippen LogP contribution in [0.25, 0.3) is 0 Å². The van der Waals surface area contributed by atoms with Crippen LogP contribution in [0.3, 0.4) is 0 Å². The molecule has 0 aliphatic rings. The number of aromatic nitrogens is 3. The Balaban J connectivity index is 2.05. The number of nitrogens with zero attached hydrogens (tertiary/aromatic N) is 4. The molecule has 1 N–H and O–H groups in total. The maximum absolute atomic E-state index is 5.68. The average molecular weight is 307 g/mol. The maximum Gasteiger partial charge on any atom is 0.323 e. The van der Waals surface area contributed by atoms with Crippen LogP contribution in [0.5, 0.6) is 6.01 Å². The van der Waals surface area contributed by atoms with E-state index in [4.69, 9.17) is 4.74 Å². The third kappa shape index (κ3) is 4.29. The van der Waals surface area contributed by atoms with Crippen LogP contribution < -0.4 is 15.0 Å². The Morgan fingerprint density at radius 2 is 2.05 bits per heavy atom. The van der Waals surface area contributed by atoms with Gasteiger partial charge in [-0.15, -0.1) is 11.3 Å². The van der Waals surface area contributed by atoms with E-state index >= 15 is 0 Å². The van der Waals surface area contributed by atoms with Crippen molar-refractivity contribution in [3.05, 3.63) is 22.4 Å². The van der Waals surface area contributed by atoms with Crippen molar-refractivity contribution in [2.75, 3.05) is 37.0 Å². The number of thiophene rings is 1. The van der Waals surface area contributed by atoms with Crippen LogP contribution in [0, 0.1) is 0 Å². The molecule has 21 heavy (non-hydrogen) atoms. The van der Waals surface area contributed by atoms with Crippen molar-refractivity contribution in [2.24, 2.45) is 0 Å². The van der Waals surface area contributed by atoms with Crippen LogP contribution in [0.2, 0.25) is 0 Å². The average Bonchev–Trinajstić information content (AvgIpc) is 3.01. The lowest BCUT2D eigenvalue weighted by Gasteiger charge is -2.19. The van der Waals surface area contributed by atoms with Gasteiger partial charge in [-0.2, -0.15) is 15.0 Å². The molecule has 0 atom stereocenters. The van der Waals surface area contributed by atoms with Gasteiger partial charge in [0.25, 0.3) is 0 Å². The van der Waals surface area contributed by atoms with Gasteiger partial charge in [0.1, 0.15) is 0 Å². The molecular formula is C14H21N5OS. The molecule has 0 radical (unpaired) electrons. The number of hydrogen-bond donors (Lipinski definition) is 1. The van der Waals surface area contributed by atoms with Crippen molar-refractivity contribution in [2.45, 2.75) is 20.3 Å². The highest BCUT2D eigenvalue weighted by atomic mass is 32.1. The van der Waals surface area contributed by atoms with E-state index < -0.39 is 0 Å². The van der Waals surface area contributed by atoms with Crippen molar-refractivity contribution in [1.29, 1.82) is 0 Å². The molecule has 2 aromatic heterocycles. The fourth-order valence-corrected chi connectivity index (χ4v) is 2.56. The Morgan fingerprint density at radius 1 is 1.24 bits per heavy atom. The van der Waals surface area contributed by atoms with E-state index in [0.717, 1.165) is 19.5 Å². The molecule has 2 aromatic rings. The molecule has 0 spiro atoms. The van der Waals surface area contributed by atoms with Crippen LogP contribution in [-0.4, -0.2) is 41.7 Å². The summed E-state index contributed by atoms with van der Waals surface area (Å²) >= 11 is 1.73. The molecule has 114 valence electrons. The summed E-state index contributed by atoms with van der Waals surface area (Å²) in [6, 6.07) is 4.51. The fraction of sp³-hybridized carbons (Fsp3) is 0.500. The number of anilines is 2. The number of ether oxygens (including phenoxy) is 1. The molecule has 0 amide bonds. The van der Waals surface area contributed by atoms with Gasteiger partial charge in [-0.3, -0.25) is 0 Å². The highest BCUT2D eigenvalue weighted by Gasteiger charge is 2.11. The first-order chi connectivity index (χ1) is 10.3. The molecular weight excluding hydrogens is 286 g/mol. The van der Waals surface area contributed by atoms with Gasteiger partial charge in [0.15, 0.2) is 0 Å². The first-order valence-corrected chi connectivity index (χ1v) is 7.98. The summed E-state index contributed by atoms with van der Waals surface area (Å²) in [7, 11) is 1.79. The molecule has 7 heteroatoms. The monoisotopic (exact) mass is 307 g/mol. The topological polar surface area (TPSA) is 63.2 Å². The van der Waals surface area contributed by atoms with Gasteiger partial charge in [0, 0.05) is 31.4 Å². The molecule has 0 aliphatic carbocycles. The first kappa shape index (κ1) is 15.5. The van der Waals surface area contributed by atoms with Gasteiger partial charge in [-0.1, -0.05) is 6.07 Å². The summed E-state index contributed by atoms with van der Waals surface area (Å²) in [5.41, 5.74) is 0. The second-order valence-corrected chi connectivity index (χ2v) is 5.37. The standard InChI is InChI=1S/C14H21N5OS/c1-4-19(5-2)13-16-12(15-3)17-14(18-13)20-9-8-11-7-6-10-21-11/h6-7,10H,4-5,8-9H2,1-3H3,(H,15,16,17,18). The zero-order valence-corrected chi connectivity index (χ0v) is 13.5. The van der Waals surface area contributed by atoms with Gasteiger partial charge >= 0.3 is 6.01 Å². The van der Waals surface area contributed by atoms with E-state index in [9.17, 15) is 0 Å². The number of hydrogen-bond acceptors (Lipinski definition) is 7. The molecule has 6 nitrogen and oxygen atoms in total. The Labute approximate surface area is 129 Å². The first-order valence-electron chi connectivity index (χ1n) is 7.10. The number of nitrogens with one attached hydrogen (secondary N) is 1. The molecule has 2 heterocycles. The van der Waals surface area contributed by atoms with E-state index in [2.05, 4.69) is 50.5 Å². The van der Waals surface area contributed by atoms with Gasteiger partial charge in [-0.05, 0) is 25.3 Å². The summed E-state index contributed by atoms with van der Waals surface area (Å²) in [5.74, 6) is 1.17. The Kier molecular flexibility index (Phi) is 5.74. The SMILES string of the molecule is CCN(CC)c1nc(NC)nc(OCCc2cccs2)n1. The predicted octanol–water partition coefficient (Wildman–Crippen LogP) is 2.44. The highest BCUT2D eigenvalue weighted by molar-refractivity contribution is 7.09. The smallest absolute Gasteiger partial charge is 0.323 e. The van der Waals surface area contributed by atoms with Crippen LogP contribution >= 0.6 is 11.3 Å². The summed E-state index contributed by atoms with van der Waals surface area (Å²) in [6.45, 7) is 6.40. The van der Waals surface area contributed by atoms with E-state index in [1.165, 1.54) is 4.88 Å². The van der Waals surface area contributed by atoms with Crippen molar-refractivity contribution >= 4 is 23.2 Å². The lowest BCUT2D eigenvalue weighted by molar-refractivity contribution is 0.296. The molecule has 0 saturated heterocycles. The highest BCUT2D eigenvalue weighted by Crippen LogP contribution is 2.15. The summed E-state index contributed by atoms with van der Waals surface area (Å²) in [5, 5.41) is 5.01. The van der Waals surface area contributed by atoms with Gasteiger partial charge in [0.2, 0.25) is 11.9 Å².